The molecule has 112 valence electrons. The zero-order chi connectivity index (χ0) is 13.9. The molecule has 0 atom stereocenters. The van der Waals surface area contributed by atoms with Crippen LogP contribution in [0.25, 0.3) is 0 Å². The summed E-state index contributed by atoms with van der Waals surface area (Å²) in [4.78, 5) is 0. The second kappa shape index (κ2) is 6.10. The third kappa shape index (κ3) is 3.50. The fraction of sp³-hybridized carbons (Fsp3) is 1.00. The van der Waals surface area contributed by atoms with Crippen molar-refractivity contribution in [3.05, 3.63) is 0 Å². The molecule has 2 aliphatic carbocycles. The third-order valence-corrected chi connectivity index (χ3v) is 6.73. The minimum absolute atomic E-state index is 0.290. The van der Waals surface area contributed by atoms with Crippen LogP contribution in [0.2, 0.25) is 0 Å². The van der Waals surface area contributed by atoms with Crippen LogP contribution in [0.1, 0.15) is 58.3 Å². The molecule has 0 heterocycles. The average molecular weight is 288 g/mol. The van der Waals surface area contributed by atoms with Gasteiger partial charge in [-0.15, -0.1) is 0 Å². The van der Waals surface area contributed by atoms with Crippen molar-refractivity contribution in [2.45, 2.75) is 63.8 Å². The number of hydrogen-bond donors (Lipinski definition) is 1. The summed E-state index contributed by atoms with van der Waals surface area (Å²) in [5.74, 6) is 0.747. The van der Waals surface area contributed by atoms with Gasteiger partial charge in [-0.2, -0.15) is 4.31 Å². The number of nitrogens with zero attached hydrogens (tertiary/aromatic N) is 1. The number of sulfonamides is 1. The molecule has 2 fully saturated rings. The topological polar surface area (TPSA) is 63.4 Å². The Kier molecular flexibility index (Phi) is 4.90. The lowest BCUT2D eigenvalue weighted by atomic mass is 9.81. The highest BCUT2D eigenvalue weighted by atomic mass is 32.2. The van der Waals surface area contributed by atoms with Gasteiger partial charge in [-0.25, -0.2) is 8.42 Å². The lowest BCUT2D eigenvalue weighted by Crippen LogP contribution is -2.58. The van der Waals surface area contributed by atoms with E-state index in [0.717, 1.165) is 44.9 Å². The van der Waals surface area contributed by atoms with Gasteiger partial charge in [-0.1, -0.05) is 26.2 Å². The van der Waals surface area contributed by atoms with Gasteiger partial charge in [0.2, 0.25) is 10.0 Å². The van der Waals surface area contributed by atoms with E-state index in [2.05, 4.69) is 0 Å². The van der Waals surface area contributed by atoms with Crippen molar-refractivity contribution in [3.63, 3.8) is 0 Å². The Labute approximate surface area is 117 Å². The molecule has 0 bridgehead atoms. The maximum atomic E-state index is 12.7. The molecule has 2 N–H and O–H groups in total. The highest BCUT2D eigenvalue weighted by molar-refractivity contribution is 7.89. The fourth-order valence-corrected chi connectivity index (χ4v) is 5.73. The molecule has 0 spiro atoms. The SMILES string of the molecule is CCCN(C1(CN)CCCCC1)S(=O)(=O)CC1CC1. The van der Waals surface area contributed by atoms with Crippen LogP contribution in [0.3, 0.4) is 0 Å². The lowest BCUT2D eigenvalue weighted by Gasteiger charge is -2.45. The van der Waals surface area contributed by atoms with Crippen LogP contribution >= 0.6 is 0 Å². The van der Waals surface area contributed by atoms with Crippen LogP contribution < -0.4 is 5.73 Å². The van der Waals surface area contributed by atoms with Gasteiger partial charge in [0, 0.05) is 18.6 Å². The first-order valence-electron chi connectivity index (χ1n) is 7.75. The molecule has 0 aliphatic heterocycles. The van der Waals surface area contributed by atoms with E-state index in [4.69, 9.17) is 5.73 Å². The molecule has 0 aromatic heterocycles. The largest absolute Gasteiger partial charge is 0.329 e. The normalized spacial score (nSPS) is 23.7. The van der Waals surface area contributed by atoms with Crippen LogP contribution in [0, 0.1) is 5.92 Å². The zero-order valence-corrected chi connectivity index (χ0v) is 12.9. The molecule has 0 aromatic carbocycles. The van der Waals surface area contributed by atoms with Crippen molar-refractivity contribution >= 4 is 10.0 Å². The van der Waals surface area contributed by atoms with E-state index < -0.39 is 10.0 Å². The monoisotopic (exact) mass is 288 g/mol. The van der Waals surface area contributed by atoms with Gasteiger partial charge in [0.25, 0.3) is 0 Å². The first kappa shape index (κ1) is 15.3. The lowest BCUT2D eigenvalue weighted by molar-refractivity contribution is 0.136. The summed E-state index contributed by atoms with van der Waals surface area (Å²) in [5.41, 5.74) is 5.72. The fourth-order valence-electron chi connectivity index (χ4n) is 3.31. The Hall–Kier alpha value is -0.130. The second-order valence-corrected chi connectivity index (χ2v) is 8.22. The predicted molar refractivity (Wildman–Crippen MR) is 78.4 cm³/mol. The van der Waals surface area contributed by atoms with Crippen LogP contribution in [-0.4, -0.2) is 37.1 Å². The number of rotatable bonds is 7. The highest BCUT2D eigenvalue weighted by Gasteiger charge is 2.44. The van der Waals surface area contributed by atoms with E-state index in [0.29, 0.717) is 24.8 Å². The van der Waals surface area contributed by atoms with Crippen molar-refractivity contribution in [2.75, 3.05) is 18.8 Å². The first-order valence-corrected chi connectivity index (χ1v) is 9.35. The molecule has 0 aromatic rings. The molecule has 5 heteroatoms. The number of nitrogens with two attached hydrogens (primary N) is 1. The zero-order valence-electron chi connectivity index (χ0n) is 12.1. The molecular formula is C14H28N2O2S. The van der Waals surface area contributed by atoms with E-state index in [1.807, 2.05) is 6.92 Å². The molecule has 0 amide bonds. The Morgan fingerprint density at radius 1 is 1.21 bits per heavy atom. The van der Waals surface area contributed by atoms with Crippen molar-refractivity contribution in [3.8, 4) is 0 Å². The summed E-state index contributed by atoms with van der Waals surface area (Å²) in [6, 6.07) is 0. The van der Waals surface area contributed by atoms with E-state index in [-0.39, 0.29) is 5.54 Å². The molecular weight excluding hydrogens is 260 g/mol. The molecule has 4 nitrogen and oxygen atoms in total. The standard InChI is InChI=1S/C14H28N2O2S/c1-2-10-16(19(17,18)11-13-6-7-13)14(12-15)8-4-3-5-9-14/h13H,2-12,15H2,1H3. The van der Waals surface area contributed by atoms with E-state index in [9.17, 15) is 8.42 Å². The highest BCUT2D eigenvalue weighted by Crippen LogP contribution is 2.38. The third-order valence-electron chi connectivity index (χ3n) is 4.60. The molecule has 2 rings (SSSR count). The van der Waals surface area contributed by atoms with Crippen LogP contribution in [-0.2, 0) is 10.0 Å². The molecule has 0 radical (unpaired) electrons. The van der Waals surface area contributed by atoms with E-state index >= 15 is 0 Å². The summed E-state index contributed by atoms with van der Waals surface area (Å²) in [6.07, 6.45) is 8.33. The molecule has 0 unspecified atom stereocenters. The minimum atomic E-state index is -3.14. The molecule has 2 saturated carbocycles. The van der Waals surface area contributed by atoms with Gasteiger partial charge in [0.1, 0.15) is 0 Å². The van der Waals surface area contributed by atoms with E-state index in [1.54, 1.807) is 4.31 Å². The Morgan fingerprint density at radius 3 is 2.32 bits per heavy atom. The maximum absolute atomic E-state index is 12.7. The van der Waals surface area contributed by atoms with Gasteiger partial charge in [0.15, 0.2) is 0 Å². The van der Waals surface area contributed by atoms with Gasteiger partial charge in [-0.05, 0) is 38.0 Å². The Balaban J connectivity index is 2.20. The van der Waals surface area contributed by atoms with E-state index in [1.165, 1.54) is 6.42 Å². The van der Waals surface area contributed by atoms with Gasteiger partial charge in [0.05, 0.1) is 5.75 Å². The van der Waals surface area contributed by atoms with Crippen LogP contribution in [0.4, 0.5) is 0 Å². The second-order valence-electron chi connectivity index (χ2n) is 6.28. The minimum Gasteiger partial charge on any atom is -0.329 e. The molecule has 2 aliphatic rings. The Morgan fingerprint density at radius 2 is 1.84 bits per heavy atom. The average Bonchev–Trinajstić information content (AvgIpc) is 3.19. The van der Waals surface area contributed by atoms with Gasteiger partial charge >= 0.3 is 0 Å². The molecule has 19 heavy (non-hydrogen) atoms. The summed E-state index contributed by atoms with van der Waals surface area (Å²) in [7, 11) is -3.14. The number of hydrogen-bond acceptors (Lipinski definition) is 3. The predicted octanol–water partition coefficient (Wildman–Crippen LogP) is 2.10. The van der Waals surface area contributed by atoms with Gasteiger partial charge < -0.3 is 5.73 Å². The maximum Gasteiger partial charge on any atom is 0.214 e. The van der Waals surface area contributed by atoms with Crippen LogP contribution in [0.5, 0.6) is 0 Å². The van der Waals surface area contributed by atoms with Crippen molar-refractivity contribution < 1.29 is 8.42 Å². The molecule has 0 saturated heterocycles. The van der Waals surface area contributed by atoms with Crippen molar-refractivity contribution in [1.29, 1.82) is 0 Å². The Bertz CT molecular complexity index is 384. The summed E-state index contributed by atoms with van der Waals surface area (Å²) < 4.78 is 27.2. The quantitative estimate of drug-likeness (QED) is 0.780. The summed E-state index contributed by atoms with van der Waals surface area (Å²) >= 11 is 0. The first-order chi connectivity index (χ1) is 9.04. The van der Waals surface area contributed by atoms with Crippen molar-refractivity contribution in [2.24, 2.45) is 11.7 Å². The van der Waals surface area contributed by atoms with Gasteiger partial charge in [-0.3, -0.25) is 0 Å². The smallest absolute Gasteiger partial charge is 0.214 e. The van der Waals surface area contributed by atoms with Crippen LogP contribution in [0.15, 0.2) is 0 Å². The summed E-state index contributed by atoms with van der Waals surface area (Å²) in [5, 5.41) is 0. The summed E-state index contributed by atoms with van der Waals surface area (Å²) in [6.45, 7) is 3.15. The van der Waals surface area contributed by atoms with Crippen molar-refractivity contribution in [1.82, 2.24) is 4.31 Å².